The van der Waals surface area contributed by atoms with Crippen LogP contribution in [-0.4, -0.2) is 126 Å². The largest absolute Gasteiger partial charge is 0.464 e. The summed E-state index contributed by atoms with van der Waals surface area (Å²) in [5, 5.41) is 5.12. The highest BCUT2D eigenvalue weighted by Gasteiger charge is 2.15. The number of nitrogens with one attached hydrogen (secondary N) is 2. The molecule has 0 radical (unpaired) electrons. The molecule has 0 fully saturated rings. The van der Waals surface area contributed by atoms with Crippen molar-refractivity contribution in [1.29, 1.82) is 0 Å². The van der Waals surface area contributed by atoms with Gasteiger partial charge in [-0.15, -0.1) is 0 Å². The Morgan fingerprint density at radius 1 is 0.571 bits per heavy atom. The molecule has 42 heavy (non-hydrogen) atoms. The summed E-state index contributed by atoms with van der Waals surface area (Å²) < 4.78 is 29.8. The summed E-state index contributed by atoms with van der Waals surface area (Å²) >= 11 is 0. The monoisotopic (exact) mass is 605 g/mol. The van der Waals surface area contributed by atoms with Gasteiger partial charge in [0.2, 0.25) is 17.7 Å². The summed E-state index contributed by atoms with van der Waals surface area (Å²) in [5.41, 5.74) is 0. The summed E-state index contributed by atoms with van der Waals surface area (Å²) in [6, 6.07) is 0. The van der Waals surface area contributed by atoms with E-state index in [1.807, 2.05) is 6.92 Å². The van der Waals surface area contributed by atoms with Crippen LogP contribution in [0.2, 0.25) is 0 Å². The summed E-state index contributed by atoms with van der Waals surface area (Å²) in [4.78, 5) is 82.1. The molecule has 2 N–H and O–H groups in total. The van der Waals surface area contributed by atoms with Crippen LogP contribution < -0.4 is 10.6 Å². The number of esters is 4. The molecule has 0 aromatic rings. The lowest BCUT2D eigenvalue weighted by molar-refractivity contribution is -0.156. The van der Waals surface area contributed by atoms with Crippen LogP contribution in [0.1, 0.15) is 46.5 Å². The molecule has 0 aliphatic carbocycles. The molecule has 240 valence electrons. The van der Waals surface area contributed by atoms with E-state index in [0.29, 0.717) is 32.4 Å². The number of nitrogens with zero attached hydrogens (tertiary/aromatic N) is 1. The Bertz CT molecular complexity index is 806. The van der Waals surface area contributed by atoms with E-state index >= 15 is 0 Å². The van der Waals surface area contributed by atoms with Gasteiger partial charge in [0.1, 0.15) is 39.6 Å². The molecule has 0 atom stereocenters. The fraction of sp³-hybridized carbons (Fsp3) is 0.731. The molecule has 0 aliphatic heterocycles. The first kappa shape index (κ1) is 38.2. The van der Waals surface area contributed by atoms with Gasteiger partial charge in [-0.25, -0.2) is 19.2 Å². The van der Waals surface area contributed by atoms with Crippen LogP contribution in [0.15, 0.2) is 0 Å². The molecule has 0 aromatic heterocycles. The fourth-order valence-corrected chi connectivity index (χ4v) is 2.92. The molecule has 0 bridgehead atoms. The molecular weight excluding hydrogens is 562 g/mol. The van der Waals surface area contributed by atoms with Crippen molar-refractivity contribution >= 4 is 41.6 Å². The van der Waals surface area contributed by atoms with E-state index in [0.717, 1.165) is 0 Å². The first-order valence-corrected chi connectivity index (χ1v) is 13.6. The Balaban J connectivity index is 4.12. The third kappa shape index (κ3) is 24.0. The van der Waals surface area contributed by atoms with Crippen molar-refractivity contribution in [2.24, 2.45) is 0 Å². The van der Waals surface area contributed by atoms with Gasteiger partial charge in [-0.05, 0) is 19.3 Å². The van der Waals surface area contributed by atoms with E-state index < -0.39 is 50.3 Å². The topological polar surface area (TPSA) is 202 Å². The van der Waals surface area contributed by atoms with Crippen molar-refractivity contribution in [1.82, 2.24) is 15.5 Å². The van der Waals surface area contributed by atoms with Crippen molar-refractivity contribution in [2.45, 2.75) is 46.5 Å². The SMILES string of the molecule is CCCC(=O)N(CCOC(=O)COCC(=O)OCCCNC(C)=O)CCOC(=O)COCC(=O)OCCCNC(C)=O. The minimum absolute atomic E-state index is 0.0444. The highest BCUT2D eigenvalue weighted by molar-refractivity contribution is 5.77. The minimum atomic E-state index is -0.744. The Morgan fingerprint density at radius 2 is 0.929 bits per heavy atom. The number of ether oxygens (including phenoxy) is 6. The van der Waals surface area contributed by atoms with Crippen molar-refractivity contribution in [2.75, 3.05) is 79.0 Å². The third-order valence-electron chi connectivity index (χ3n) is 4.86. The predicted octanol–water partition coefficient (Wildman–Crippen LogP) is -1.13. The summed E-state index contributed by atoms with van der Waals surface area (Å²) in [6.45, 7) is 3.41. The maximum absolute atomic E-state index is 12.4. The van der Waals surface area contributed by atoms with Gasteiger partial charge in [0.25, 0.3) is 0 Å². The van der Waals surface area contributed by atoms with Gasteiger partial charge < -0.3 is 44.0 Å². The van der Waals surface area contributed by atoms with Crippen LogP contribution in [-0.2, 0) is 62.0 Å². The fourth-order valence-electron chi connectivity index (χ4n) is 2.92. The summed E-state index contributed by atoms with van der Waals surface area (Å²) in [7, 11) is 0. The van der Waals surface area contributed by atoms with Crippen molar-refractivity contribution < 1.29 is 62.0 Å². The highest BCUT2D eigenvalue weighted by atomic mass is 16.6. The van der Waals surface area contributed by atoms with Gasteiger partial charge in [-0.2, -0.15) is 0 Å². The molecule has 3 amide bonds. The van der Waals surface area contributed by atoms with E-state index in [1.165, 1.54) is 18.7 Å². The highest BCUT2D eigenvalue weighted by Crippen LogP contribution is 1.99. The van der Waals surface area contributed by atoms with Crippen LogP contribution in [0.5, 0.6) is 0 Å². The summed E-state index contributed by atoms with van der Waals surface area (Å²) in [6.07, 6.45) is 1.71. The molecule has 16 nitrogen and oxygen atoms in total. The smallest absolute Gasteiger partial charge is 0.332 e. The molecule has 0 spiro atoms. The average molecular weight is 606 g/mol. The lowest BCUT2D eigenvalue weighted by atomic mass is 10.3. The number of hydrogen-bond acceptors (Lipinski definition) is 13. The minimum Gasteiger partial charge on any atom is -0.464 e. The zero-order valence-corrected chi connectivity index (χ0v) is 24.6. The van der Waals surface area contributed by atoms with Crippen LogP contribution in [0.3, 0.4) is 0 Å². The van der Waals surface area contributed by atoms with E-state index in [2.05, 4.69) is 10.6 Å². The lowest BCUT2D eigenvalue weighted by Gasteiger charge is -2.22. The zero-order valence-electron chi connectivity index (χ0n) is 24.6. The zero-order chi connectivity index (χ0) is 31.6. The third-order valence-corrected chi connectivity index (χ3v) is 4.86. The lowest BCUT2D eigenvalue weighted by Crippen LogP contribution is -2.37. The maximum atomic E-state index is 12.4. The quantitative estimate of drug-likeness (QED) is 0.0761. The molecule has 0 aromatic carbocycles. The molecule has 0 rings (SSSR count). The summed E-state index contributed by atoms with van der Waals surface area (Å²) in [5.74, 6) is -3.42. The normalized spacial score (nSPS) is 10.3. The average Bonchev–Trinajstić information content (AvgIpc) is 2.91. The van der Waals surface area contributed by atoms with Crippen LogP contribution in [0, 0.1) is 0 Å². The molecule has 0 unspecified atom stereocenters. The predicted molar refractivity (Wildman–Crippen MR) is 144 cm³/mol. The first-order chi connectivity index (χ1) is 20.0. The Labute approximate surface area is 245 Å². The van der Waals surface area contributed by atoms with Crippen LogP contribution in [0.25, 0.3) is 0 Å². The van der Waals surface area contributed by atoms with Crippen molar-refractivity contribution in [3.05, 3.63) is 0 Å². The van der Waals surface area contributed by atoms with Gasteiger partial charge in [0.15, 0.2) is 0 Å². The Kier molecular flexibility index (Phi) is 22.7. The van der Waals surface area contributed by atoms with Gasteiger partial charge in [0.05, 0.1) is 26.3 Å². The second kappa shape index (κ2) is 25.0. The van der Waals surface area contributed by atoms with Crippen LogP contribution >= 0.6 is 0 Å². The number of hydrogen-bond donors (Lipinski definition) is 2. The first-order valence-electron chi connectivity index (χ1n) is 13.6. The van der Waals surface area contributed by atoms with Crippen LogP contribution in [0.4, 0.5) is 0 Å². The van der Waals surface area contributed by atoms with Gasteiger partial charge >= 0.3 is 23.9 Å². The van der Waals surface area contributed by atoms with Gasteiger partial charge in [-0.1, -0.05) is 6.92 Å². The molecule has 0 saturated carbocycles. The number of amides is 3. The van der Waals surface area contributed by atoms with Crippen molar-refractivity contribution in [3.8, 4) is 0 Å². The number of rotatable bonds is 24. The van der Waals surface area contributed by atoms with E-state index in [1.54, 1.807) is 0 Å². The van der Waals surface area contributed by atoms with Gasteiger partial charge in [0, 0.05) is 33.4 Å². The maximum Gasteiger partial charge on any atom is 0.332 e. The standard InChI is InChI=1S/C26H43N3O13/c1-4-7-22(32)29(10-14-41-25(35)18-37-16-23(33)39-12-5-8-27-20(2)30)11-15-42-26(36)19-38-17-24(34)40-13-6-9-28-21(3)31/h4-19H2,1-3H3,(H,27,30)(H,28,31). The molecular formula is C26H43N3O13. The molecule has 0 heterocycles. The molecule has 0 aliphatic rings. The van der Waals surface area contributed by atoms with Crippen molar-refractivity contribution in [3.63, 3.8) is 0 Å². The van der Waals surface area contributed by atoms with E-state index in [4.69, 9.17) is 28.4 Å². The second-order valence-electron chi connectivity index (χ2n) is 8.67. The van der Waals surface area contributed by atoms with E-state index in [9.17, 15) is 33.6 Å². The molecule has 16 heteroatoms. The van der Waals surface area contributed by atoms with Gasteiger partial charge in [-0.3, -0.25) is 14.4 Å². The van der Waals surface area contributed by atoms with E-state index in [-0.39, 0.29) is 63.7 Å². The second-order valence-corrected chi connectivity index (χ2v) is 8.67. The Hall–Kier alpha value is -3.79. The Morgan fingerprint density at radius 3 is 1.26 bits per heavy atom. The number of carbonyl (C=O) groups is 7. The number of carbonyl (C=O) groups excluding carboxylic acids is 7. The molecule has 0 saturated heterocycles.